The van der Waals surface area contributed by atoms with Gasteiger partial charge in [-0.25, -0.2) is 0 Å². The van der Waals surface area contributed by atoms with Gasteiger partial charge in [0.1, 0.15) is 0 Å². The van der Waals surface area contributed by atoms with E-state index in [4.69, 9.17) is 4.74 Å². The minimum absolute atomic E-state index is 0.137. The predicted octanol–water partition coefficient (Wildman–Crippen LogP) is 2.12. The molecule has 0 unspecified atom stereocenters. The van der Waals surface area contributed by atoms with Crippen molar-refractivity contribution in [3.8, 4) is 0 Å². The van der Waals surface area contributed by atoms with Gasteiger partial charge in [-0.1, -0.05) is 28.1 Å². The van der Waals surface area contributed by atoms with Crippen LogP contribution in [0.1, 0.15) is 18.9 Å². The van der Waals surface area contributed by atoms with Crippen LogP contribution in [0, 0.1) is 0 Å². The van der Waals surface area contributed by atoms with E-state index < -0.39 is 0 Å². The summed E-state index contributed by atoms with van der Waals surface area (Å²) in [6.45, 7) is 3.63. The molecule has 4 heteroatoms. The molecule has 0 amide bonds. The summed E-state index contributed by atoms with van der Waals surface area (Å²) in [4.78, 5) is 0. The van der Waals surface area contributed by atoms with E-state index in [1.807, 2.05) is 0 Å². The highest BCUT2D eigenvalue weighted by Gasteiger charge is 2.35. The highest BCUT2D eigenvalue weighted by atomic mass is 79.9. The summed E-state index contributed by atoms with van der Waals surface area (Å²) in [6.07, 6.45) is 1.84. The van der Waals surface area contributed by atoms with Crippen molar-refractivity contribution >= 4 is 15.9 Å². The standard InChI is InChI=1S/C14H20BrNO2/c1-11(8-12-2-4-13(15)5-3-12)16-14(9-17)6-7-18-10-14/h2-5,11,16-17H,6-10H2,1H3/t11-,14-/m0/s1. The minimum atomic E-state index is -0.241. The molecule has 1 saturated heterocycles. The molecule has 0 bridgehead atoms. The molecule has 3 nitrogen and oxygen atoms in total. The Hall–Kier alpha value is -0.420. The molecule has 0 aliphatic carbocycles. The van der Waals surface area contributed by atoms with Crippen LogP contribution in [-0.2, 0) is 11.2 Å². The molecule has 1 heterocycles. The van der Waals surface area contributed by atoms with Crippen LogP contribution in [0.3, 0.4) is 0 Å². The van der Waals surface area contributed by atoms with Gasteiger partial charge in [-0.2, -0.15) is 0 Å². The van der Waals surface area contributed by atoms with Gasteiger partial charge in [-0.3, -0.25) is 0 Å². The summed E-state index contributed by atoms with van der Waals surface area (Å²) in [7, 11) is 0. The number of benzene rings is 1. The third kappa shape index (κ3) is 3.54. The first-order valence-corrected chi connectivity index (χ1v) is 7.14. The highest BCUT2D eigenvalue weighted by molar-refractivity contribution is 9.10. The molecule has 2 N–H and O–H groups in total. The van der Waals surface area contributed by atoms with E-state index in [-0.39, 0.29) is 12.1 Å². The van der Waals surface area contributed by atoms with E-state index in [9.17, 15) is 5.11 Å². The average Bonchev–Trinajstić information content (AvgIpc) is 2.81. The largest absolute Gasteiger partial charge is 0.394 e. The second-order valence-electron chi connectivity index (χ2n) is 5.12. The lowest BCUT2D eigenvalue weighted by atomic mass is 9.97. The lowest BCUT2D eigenvalue weighted by Crippen LogP contribution is -2.53. The quantitative estimate of drug-likeness (QED) is 0.875. The molecular weight excluding hydrogens is 294 g/mol. The number of nitrogens with one attached hydrogen (secondary N) is 1. The number of halogens is 1. The molecular formula is C14H20BrNO2. The van der Waals surface area contributed by atoms with Gasteiger partial charge in [0.05, 0.1) is 18.8 Å². The fraction of sp³-hybridized carbons (Fsp3) is 0.571. The molecule has 1 aromatic carbocycles. The summed E-state index contributed by atoms with van der Waals surface area (Å²) in [5.74, 6) is 0. The average molecular weight is 314 g/mol. The molecule has 1 aliphatic heterocycles. The maximum Gasteiger partial charge on any atom is 0.0675 e. The van der Waals surface area contributed by atoms with Crippen molar-refractivity contribution in [2.45, 2.75) is 31.3 Å². The summed E-state index contributed by atoms with van der Waals surface area (Å²) < 4.78 is 6.49. The monoisotopic (exact) mass is 313 g/mol. The van der Waals surface area contributed by atoms with Crippen LogP contribution in [0.25, 0.3) is 0 Å². The Morgan fingerprint density at radius 2 is 2.17 bits per heavy atom. The van der Waals surface area contributed by atoms with Crippen molar-refractivity contribution < 1.29 is 9.84 Å². The van der Waals surface area contributed by atoms with Crippen molar-refractivity contribution in [2.75, 3.05) is 19.8 Å². The summed E-state index contributed by atoms with van der Waals surface area (Å²) in [6, 6.07) is 8.68. The second-order valence-corrected chi connectivity index (χ2v) is 6.03. The molecule has 0 aromatic heterocycles. The first kappa shape index (κ1) is 14.0. The fourth-order valence-corrected chi connectivity index (χ4v) is 2.70. The molecule has 2 rings (SSSR count). The Labute approximate surface area is 117 Å². The van der Waals surface area contributed by atoms with E-state index in [1.54, 1.807) is 0 Å². The lowest BCUT2D eigenvalue weighted by Gasteiger charge is -2.30. The van der Waals surface area contributed by atoms with Crippen LogP contribution in [-0.4, -0.2) is 36.5 Å². The molecule has 100 valence electrons. The zero-order valence-corrected chi connectivity index (χ0v) is 12.2. The van der Waals surface area contributed by atoms with E-state index in [1.165, 1.54) is 5.56 Å². The van der Waals surface area contributed by atoms with Gasteiger partial charge in [0.15, 0.2) is 0 Å². The number of hydrogen-bond donors (Lipinski definition) is 2. The van der Waals surface area contributed by atoms with Crippen molar-refractivity contribution in [1.29, 1.82) is 0 Å². The van der Waals surface area contributed by atoms with Crippen LogP contribution in [0.2, 0.25) is 0 Å². The van der Waals surface area contributed by atoms with Gasteiger partial charge in [0, 0.05) is 17.1 Å². The highest BCUT2D eigenvalue weighted by Crippen LogP contribution is 2.20. The fourth-order valence-electron chi connectivity index (χ4n) is 2.44. The summed E-state index contributed by atoms with van der Waals surface area (Å²) >= 11 is 3.44. The van der Waals surface area contributed by atoms with Gasteiger partial charge < -0.3 is 15.2 Å². The maximum atomic E-state index is 9.52. The van der Waals surface area contributed by atoms with Gasteiger partial charge in [0.25, 0.3) is 0 Å². The Morgan fingerprint density at radius 3 is 2.72 bits per heavy atom. The van der Waals surface area contributed by atoms with Gasteiger partial charge >= 0.3 is 0 Å². The Kier molecular flexibility index (Phi) is 4.78. The minimum Gasteiger partial charge on any atom is -0.394 e. The van der Waals surface area contributed by atoms with Crippen LogP contribution in [0.4, 0.5) is 0 Å². The van der Waals surface area contributed by atoms with E-state index in [0.29, 0.717) is 12.6 Å². The van der Waals surface area contributed by atoms with E-state index in [0.717, 1.165) is 23.9 Å². The first-order valence-electron chi connectivity index (χ1n) is 6.34. The maximum absolute atomic E-state index is 9.52. The van der Waals surface area contributed by atoms with Gasteiger partial charge in [-0.05, 0) is 37.5 Å². The third-order valence-corrected chi connectivity index (χ3v) is 3.94. The number of hydrogen-bond acceptors (Lipinski definition) is 3. The van der Waals surface area contributed by atoms with E-state index >= 15 is 0 Å². The van der Waals surface area contributed by atoms with Gasteiger partial charge in [0.2, 0.25) is 0 Å². The van der Waals surface area contributed by atoms with Crippen LogP contribution in [0.5, 0.6) is 0 Å². The molecule has 0 radical (unpaired) electrons. The van der Waals surface area contributed by atoms with Crippen molar-refractivity contribution in [2.24, 2.45) is 0 Å². The summed E-state index contributed by atoms with van der Waals surface area (Å²) in [5.41, 5.74) is 1.06. The Bertz CT molecular complexity index is 374. The Balaban J connectivity index is 1.91. The molecule has 0 spiro atoms. The zero-order valence-electron chi connectivity index (χ0n) is 10.7. The number of rotatable bonds is 5. The lowest BCUT2D eigenvalue weighted by molar-refractivity contribution is 0.114. The van der Waals surface area contributed by atoms with E-state index in [2.05, 4.69) is 52.4 Å². The molecule has 1 aromatic rings. The number of aliphatic hydroxyl groups is 1. The SMILES string of the molecule is C[C@@H](Cc1ccc(Br)cc1)N[C@]1(CO)CCOC1. The topological polar surface area (TPSA) is 41.5 Å². The molecule has 1 aliphatic rings. The third-order valence-electron chi connectivity index (χ3n) is 3.41. The normalized spacial score (nSPS) is 25.3. The number of ether oxygens (including phenoxy) is 1. The van der Waals surface area contributed by atoms with Crippen molar-refractivity contribution in [3.05, 3.63) is 34.3 Å². The van der Waals surface area contributed by atoms with Crippen molar-refractivity contribution in [1.82, 2.24) is 5.32 Å². The van der Waals surface area contributed by atoms with Crippen LogP contribution < -0.4 is 5.32 Å². The molecule has 18 heavy (non-hydrogen) atoms. The first-order chi connectivity index (χ1) is 8.63. The van der Waals surface area contributed by atoms with Crippen LogP contribution >= 0.6 is 15.9 Å². The zero-order chi connectivity index (χ0) is 13.0. The smallest absolute Gasteiger partial charge is 0.0675 e. The number of aliphatic hydroxyl groups excluding tert-OH is 1. The second kappa shape index (κ2) is 6.15. The summed E-state index contributed by atoms with van der Waals surface area (Å²) in [5, 5.41) is 13.0. The molecule has 0 saturated carbocycles. The predicted molar refractivity (Wildman–Crippen MR) is 75.7 cm³/mol. The van der Waals surface area contributed by atoms with Crippen LogP contribution in [0.15, 0.2) is 28.7 Å². The molecule has 1 fully saturated rings. The Morgan fingerprint density at radius 1 is 1.44 bits per heavy atom. The van der Waals surface area contributed by atoms with Gasteiger partial charge in [-0.15, -0.1) is 0 Å². The molecule has 2 atom stereocenters. The van der Waals surface area contributed by atoms with Crippen molar-refractivity contribution in [3.63, 3.8) is 0 Å².